The topological polar surface area (TPSA) is 118 Å². The molecule has 0 bridgehead atoms. The van der Waals surface area contributed by atoms with Gasteiger partial charge in [-0.25, -0.2) is 9.36 Å². The van der Waals surface area contributed by atoms with Gasteiger partial charge in [-0.15, -0.1) is 10.2 Å². The van der Waals surface area contributed by atoms with Gasteiger partial charge in [0.1, 0.15) is 15.7 Å². The predicted octanol–water partition coefficient (Wildman–Crippen LogP) is 9.63. The molecule has 0 saturated heterocycles. The van der Waals surface area contributed by atoms with Crippen molar-refractivity contribution in [2.45, 2.75) is 32.5 Å². The van der Waals surface area contributed by atoms with Gasteiger partial charge in [0.2, 0.25) is 0 Å². The van der Waals surface area contributed by atoms with E-state index in [1.807, 2.05) is 128 Å². The Bertz CT molecular complexity index is 2680. The molecule has 8 rings (SSSR count). The second-order valence-electron chi connectivity index (χ2n) is 14.1. The van der Waals surface area contributed by atoms with Crippen LogP contribution in [0.1, 0.15) is 41.7 Å². The summed E-state index contributed by atoms with van der Waals surface area (Å²) in [5.41, 5.74) is 6.92. The second kappa shape index (κ2) is 18.5. The van der Waals surface area contributed by atoms with Crippen molar-refractivity contribution in [2.75, 3.05) is 25.6 Å². The molecule has 12 heteroatoms. The van der Waals surface area contributed by atoms with Crippen molar-refractivity contribution in [3.05, 3.63) is 200 Å². The first-order valence-electron chi connectivity index (χ1n) is 20.1. The van der Waals surface area contributed by atoms with Crippen molar-refractivity contribution in [1.29, 1.82) is 0 Å². The summed E-state index contributed by atoms with van der Waals surface area (Å²) in [6.45, 7) is 5.30. The fourth-order valence-corrected chi connectivity index (χ4v) is 8.20. The minimum absolute atomic E-state index is 0.224. The highest BCUT2D eigenvalue weighted by Gasteiger charge is 2.42. The molecule has 1 N–H and O–H groups in total. The van der Waals surface area contributed by atoms with Crippen molar-refractivity contribution in [2.24, 2.45) is 0 Å². The Hall–Kier alpha value is -7.05. The van der Waals surface area contributed by atoms with Crippen LogP contribution in [0.3, 0.4) is 0 Å². The molecule has 0 unspecified atom stereocenters. The fourth-order valence-electron chi connectivity index (χ4n) is 7.69. The SMILES string of the molecule is CCOc1cc(CNc2c(OCC)nn(Cc3ccc(-c4ccccc4-c4nnnn4C(c4ccccc4)(c4ccccc4)c4ccccc4)cc3)c(=O)c2Br)ccc1OC. The maximum absolute atomic E-state index is 13.8. The monoisotopic (exact) mass is 873 g/mol. The molecule has 0 fully saturated rings. The number of hydrogen-bond acceptors (Lipinski definition) is 9. The van der Waals surface area contributed by atoms with Crippen LogP contribution in [0.4, 0.5) is 5.69 Å². The molecule has 0 aliphatic heterocycles. The van der Waals surface area contributed by atoms with E-state index in [1.165, 1.54) is 4.68 Å². The third kappa shape index (κ3) is 8.14. The number of benzene rings is 6. The smallest absolute Gasteiger partial charge is 0.283 e. The first kappa shape index (κ1) is 40.7. The molecule has 11 nitrogen and oxygen atoms in total. The fraction of sp³-hybridized carbons (Fsp3) is 0.163. The summed E-state index contributed by atoms with van der Waals surface area (Å²) in [4.78, 5) is 13.8. The number of aromatic nitrogens is 6. The molecule has 0 radical (unpaired) electrons. The van der Waals surface area contributed by atoms with Gasteiger partial charge in [0.15, 0.2) is 17.3 Å². The zero-order valence-electron chi connectivity index (χ0n) is 34.0. The Balaban J connectivity index is 1.12. The van der Waals surface area contributed by atoms with E-state index in [0.717, 1.165) is 44.5 Å². The molecule has 0 aliphatic carbocycles. The number of ether oxygens (including phenoxy) is 3. The maximum Gasteiger partial charge on any atom is 0.283 e. The van der Waals surface area contributed by atoms with Crippen molar-refractivity contribution in [3.8, 4) is 39.9 Å². The number of hydrogen-bond donors (Lipinski definition) is 1. The molecule has 2 heterocycles. The summed E-state index contributed by atoms with van der Waals surface area (Å²) in [6, 6.07) is 53.0. The van der Waals surface area contributed by atoms with Crippen LogP contribution in [0.15, 0.2) is 167 Å². The van der Waals surface area contributed by atoms with Crippen molar-refractivity contribution in [1.82, 2.24) is 30.0 Å². The quantitative estimate of drug-likeness (QED) is 0.0948. The van der Waals surface area contributed by atoms with E-state index in [2.05, 4.69) is 80.1 Å². The molecule has 8 aromatic rings. The molecule has 61 heavy (non-hydrogen) atoms. The van der Waals surface area contributed by atoms with Crippen LogP contribution < -0.4 is 25.1 Å². The molecule has 0 spiro atoms. The van der Waals surface area contributed by atoms with E-state index in [9.17, 15) is 4.79 Å². The van der Waals surface area contributed by atoms with Gasteiger partial charge < -0.3 is 19.5 Å². The van der Waals surface area contributed by atoms with E-state index < -0.39 is 5.54 Å². The van der Waals surface area contributed by atoms with Gasteiger partial charge in [-0.05, 0) is 91.3 Å². The lowest BCUT2D eigenvalue weighted by atomic mass is 9.77. The van der Waals surface area contributed by atoms with Crippen LogP contribution >= 0.6 is 15.9 Å². The third-order valence-electron chi connectivity index (χ3n) is 10.5. The summed E-state index contributed by atoms with van der Waals surface area (Å²) in [5.74, 6) is 2.22. The van der Waals surface area contributed by atoms with Crippen molar-refractivity contribution in [3.63, 3.8) is 0 Å². The van der Waals surface area contributed by atoms with Gasteiger partial charge in [-0.1, -0.05) is 146 Å². The molecule has 0 saturated carbocycles. The lowest BCUT2D eigenvalue weighted by Gasteiger charge is -2.36. The highest BCUT2D eigenvalue weighted by Crippen LogP contribution is 2.43. The first-order chi connectivity index (χ1) is 30.0. The van der Waals surface area contributed by atoms with Gasteiger partial charge in [-0.2, -0.15) is 0 Å². The zero-order valence-corrected chi connectivity index (χ0v) is 35.6. The van der Waals surface area contributed by atoms with Crippen LogP contribution in [-0.2, 0) is 18.6 Å². The number of nitrogens with one attached hydrogen (secondary N) is 1. The van der Waals surface area contributed by atoms with Crippen LogP contribution in [-0.4, -0.2) is 50.3 Å². The molecule has 0 amide bonds. The largest absolute Gasteiger partial charge is 0.493 e. The van der Waals surface area contributed by atoms with Gasteiger partial charge >= 0.3 is 0 Å². The summed E-state index contributed by atoms with van der Waals surface area (Å²) >= 11 is 3.56. The number of tetrazole rings is 1. The molecule has 0 atom stereocenters. The standard InChI is InChI=1S/C49H44BrN7O4/c1-4-60-43-31-35(27-30-42(43)59-3)32-51-45-44(50)48(58)56(53-47(45)61-5-2)33-34-25-28-36(29-26-34)40-23-15-16-24-41(40)46-52-54-55-57(46)49(37-17-9-6-10-18-37,38-19-11-7-12-20-38)39-21-13-8-14-22-39/h6-31,51H,4-5,32-33H2,1-3H3. The van der Waals surface area contributed by atoms with Gasteiger partial charge in [0.25, 0.3) is 11.4 Å². The van der Waals surface area contributed by atoms with Crippen molar-refractivity contribution >= 4 is 21.6 Å². The third-order valence-corrected chi connectivity index (χ3v) is 11.2. The molecular weight excluding hydrogens is 830 g/mol. The normalized spacial score (nSPS) is 11.3. The number of methoxy groups -OCH3 is 1. The van der Waals surface area contributed by atoms with E-state index in [-0.39, 0.29) is 12.1 Å². The Kier molecular flexibility index (Phi) is 12.3. The predicted molar refractivity (Wildman–Crippen MR) is 241 cm³/mol. The average molecular weight is 875 g/mol. The minimum Gasteiger partial charge on any atom is -0.493 e. The van der Waals surface area contributed by atoms with Gasteiger partial charge in [0, 0.05) is 12.1 Å². The summed E-state index contributed by atoms with van der Waals surface area (Å²) in [6.07, 6.45) is 0. The number of rotatable bonds is 16. The number of nitrogens with zero attached hydrogens (tertiary/aromatic N) is 6. The van der Waals surface area contributed by atoms with E-state index in [1.54, 1.807) is 7.11 Å². The molecule has 2 aromatic heterocycles. The van der Waals surface area contributed by atoms with Crippen LogP contribution in [0, 0.1) is 0 Å². The second-order valence-corrected chi connectivity index (χ2v) is 14.9. The first-order valence-corrected chi connectivity index (χ1v) is 20.9. The molecule has 6 aromatic carbocycles. The Morgan fingerprint density at radius 3 is 1.84 bits per heavy atom. The van der Waals surface area contributed by atoms with Crippen molar-refractivity contribution < 1.29 is 14.2 Å². The number of halogens is 1. The van der Waals surface area contributed by atoms with E-state index in [4.69, 9.17) is 24.5 Å². The summed E-state index contributed by atoms with van der Waals surface area (Å²) < 4.78 is 20.8. The Morgan fingerprint density at radius 2 is 1.25 bits per heavy atom. The summed E-state index contributed by atoms with van der Waals surface area (Å²) in [5, 5.41) is 21.8. The molecule has 0 aliphatic rings. The van der Waals surface area contributed by atoms with Crippen LogP contribution in [0.5, 0.6) is 17.4 Å². The van der Waals surface area contributed by atoms with E-state index in [0.29, 0.717) is 53.1 Å². The highest BCUT2D eigenvalue weighted by atomic mass is 79.9. The highest BCUT2D eigenvalue weighted by molar-refractivity contribution is 9.10. The van der Waals surface area contributed by atoms with Crippen LogP contribution in [0.25, 0.3) is 22.5 Å². The van der Waals surface area contributed by atoms with Gasteiger partial charge in [0.05, 0.1) is 26.9 Å². The lowest BCUT2D eigenvalue weighted by molar-refractivity contribution is 0.310. The van der Waals surface area contributed by atoms with E-state index >= 15 is 0 Å². The minimum atomic E-state index is -0.900. The average Bonchev–Trinajstić information content (AvgIpc) is 3.80. The number of anilines is 1. The summed E-state index contributed by atoms with van der Waals surface area (Å²) in [7, 11) is 1.61. The zero-order chi connectivity index (χ0) is 42.2. The lowest BCUT2D eigenvalue weighted by Crippen LogP contribution is -2.39. The maximum atomic E-state index is 13.8. The molecular formula is C49H44BrN7O4. The Labute approximate surface area is 362 Å². The van der Waals surface area contributed by atoms with Crippen LogP contribution in [0.2, 0.25) is 0 Å². The molecule has 306 valence electrons. The van der Waals surface area contributed by atoms with Gasteiger partial charge in [-0.3, -0.25) is 4.79 Å². The Morgan fingerprint density at radius 1 is 0.672 bits per heavy atom.